The lowest BCUT2D eigenvalue weighted by Gasteiger charge is -2.13. The molecule has 21 heavy (non-hydrogen) atoms. The number of carbonyl (C=O) groups is 1. The van der Waals surface area contributed by atoms with Gasteiger partial charge in [-0.3, -0.25) is 4.79 Å². The molecule has 2 aromatic carbocycles. The van der Waals surface area contributed by atoms with Gasteiger partial charge in [-0.05, 0) is 43.0 Å². The lowest BCUT2D eigenvalue weighted by molar-refractivity contribution is -0.138. The van der Waals surface area contributed by atoms with Crippen LogP contribution in [-0.4, -0.2) is 17.7 Å². The van der Waals surface area contributed by atoms with Gasteiger partial charge in [0.05, 0.1) is 12.5 Å². The Hall–Kier alpha value is -2.29. The predicted octanol–water partition coefficient (Wildman–Crippen LogP) is 3.89. The fraction of sp³-hybridized carbons (Fsp3) is 0.278. The lowest BCUT2D eigenvalue weighted by atomic mass is 9.92. The molecule has 0 bridgehead atoms. The summed E-state index contributed by atoms with van der Waals surface area (Å²) in [5.74, 6) is -0.496. The van der Waals surface area contributed by atoms with E-state index in [-0.39, 0.29) is 0 Å². The zero-order valence-corrected chi connectivity index (χ0v) is 12.2. The highest BCUT2D eigenvalue weighted by Gasteiger charge is 2.19. The van der Waals surface area contributed by atoms with Gasteiger partial charge >= 0.3 is 5.97 Å². The Kier molecular flexibility index (Phi) is 5.38. The predicted molar refractivity (Wildman–Crippen MR) is 82.8 cm³/mol. The number of aliphatic carboxylic acids is 1. The Morgan fingerprint density at radius 2 is 1.76 bits per heavy atom. The molecule has 0 fully saturated rings. The quantitative estimate of drug-likeness (QED) is 0.839. The number of carboxylic acid groups (broad SMARTS) is 1. The van der Waals surface area contributed by atoms with E-state index in [2.05, 4.69) is 0 Å². The Bertz CT molecular complexity index is 561. The van der Waals surface area contributed by atoms with E-state index >= 15 is 0 Å². The standard InChI is InChI=1S/C18H20O3/c1-2-21-16-11-9-15(10-12-16)17(18(19)20)13-8-14-6-4-3-5-7-14/h3-7,9-12,17H,2,8,13H2,1H3,(H,19,20). The number of hydrogen-bond donors (Lipinski definition) is 1. The molecule has 3 heteroatoms. The van der Waals surface area contributed by atoms with Crippen LogP contribution in [-0.2, 0) is 11.2 Å². The maximum Gasteiger partial charge on any atom is 0.310 e. The third-order valence-corrected chi connectivity index (χ3v) is 3.46. The average molecular weight is 284 g/mol. The van der Waals surface area contributed by atoms with Gasteiger partial charge < -0.3 is 9.84 Å². The molecule has 1 unspecified atom stereocenters. The van der Waals surface area contributed by atoms with Gasteiger partial charge in [-0.25, -0.2) is 0 Å². The molecule has 0 spiro atoms. The molecule has 0 saturated carbocycles. The van der Waals surface area contributed by atoms with Crippen molar-refractivity contribution in [3.05, 3.63) is 65.7 Å². The van der Waals surface area contributed by atoms with Crippen LogP contribution >= 0.6 is 0 Å². The minimum Gasteiger partial charge on any atom is -0.494 e. The van der Waals surface area contributed by atoms with Gasteiger partial charge in [-0.15, -0.1) is 0 Å². The zero-order valence-electron chi connectivity index (χ0n) is 12.2. The minimum atomic E-state index is -0.782. The first-order chi connectivity index (χ1) is 10.2. The molecule has 2 aromatic rings. The SMILES string of the molecule is CCOc1ccc(C(CCc2ccccc2)C(=O)O)cc1. The van der Waals surface area contributed by atoms with Crippen molar-refractivity contribution < 1.29 is 14.6 Å². The van der Waals surface area contributed by atoms with Crippen LogP contribution in [0, 0.1) is 0 Å². The first-order valence-electron chi connectivity index (χ1n) is 7.20. The highest BCUT2D eigenvalue weighted by atomic mass is 16.5. The number of carboxylic acids is 1. The second-order valence-electron chi connectivity index (χ2n) is 4.92. The Morgan fingerprint density at radius 1 is 1.10 bits per heavy atom. The van der Waals surface area contributed by atoms with E-state index in [0.717, 1.165) is 23.3 Å². The highest BCUT2D eigenvalue weighted by Crippen LogP contribution is 2.24. The molecule has 0 aromatic heterocycles. The molecule has 0 aliphatic rings. The zero-order chi connectivity index (χ0) is 15.1. The molecule has 1 N–H and O–H groups in total. The summed E-state index contributed by atoms with van der Waals surface area (Å²) in [7, 11) is 0. The Morgan fingerprint density at radius 3 is 2.33 bits per heavy atom. The van der Waals surface area contributed by atoms with Crippen molar-refractivity contribution >= 4 is 5.97 Å². The summed E-state index contributed by atoms with van der Waals surface area (Å²) in [5, 5.41) is 9.45. The van der Waals surface area contributed by atoms with Crippen molar-refractivity contribution in [3.8, 4) is 5.75 Å². The topological polar surface area (TPSA) is 46.5 Å². The average Bonchev–Trinajstić information content (AvgIpc) is 2.50. The maximum atomic E-state index is 11.5. The van der Waals surface area contributed by atoms with Gasteiger partial charge in [0.25, 0.3) is 0 Å². The summed E-state index contributed by atoms with van der Waals surface area (Å²) in [6, 6.07) is 17.3. The van der Waals surface area contributed by atoms with Crippen LogP contribution < -0.4 is 4.74 Å². The van der Waals surface area contributed by atoms with Crippen LogP contribution in [0.15, 0.2) is 54.6 Å². The van der Waals surface area contributed by atoms with E-state index in [1.807, 2.05) is 61.5 Å². The van der Waals surface area contributed by atoms with E-state index in [9.17, 15) is 9.90 Å². The van der Waals surface area contributed by atoms with Gasteiger partial charge in [-0.2, -0.15) is 0 Å². The Labute approximate surface area is 125 Å². The minimum absolute atomic E-state index is 0.485. The first-order valence-corrected chi connectivity index (χ1v) is 7.20. The van der Waals surface area contributed by atoms with Crippen LogP contribution in [0.5, 0.6) is 5.75 Å². The number of rotatable bonds is 7. The number of benzene rings is 2. The summed E-state index contributed by atoms with van der Waals surface area (Å²) >= 11 is 0. The third kappa shape index (κ3) is 4.35. The lowest BCUT2D eigenvalue weighted by Crippen LogP contribution is -2.12. The molecular formula is C18H20O3. The van der Waals surface area contributed by atoms with Crippen LogP contribution in [0.1, 0.15) is 30.4 Å². The molecule has 1 atom stereocenters. The fourth-order valence-corrected chi connectivity index (χ4v) is 2.35. The van der Waals surface area contributed by atoms with E-state index in [1.54, 1.807) is 0 Å². The van der Waals surface area contributed by atoms with Gasteiger partial charge in [0.2, 0.25) is 0 Å². The van der Waals surface area contributed by atoms with Crippen LogP contribution in [0.3, 0.4) is 0 Å². The summed E-state index contributed by atoms with van der Waals surface area (Å²) in [6.07, 6.45) is 1.35. The summed E-state index contributed by atoms with van der Waals surface area (Å²) in [6.45, 7) is 2.53. The smallest absolute Gasteiger partial charge is 0.310 e. The molecule has 0 heterocycles. The molecule has 0 aliphatic carbocycles. The van der Waals surface area contributed by atoms with E-state index in [4.69, 9.17) is 4.74 Å². The molecule has 0 amide bonds. The van der Waals surface area contributed by atoms with Crippen molar-refractivity contribution in [1.29, 1.82) is 0 Å². The van der Waals surface area contributed by atoms with Crippen LogP contribution in [0.25, 0.3) is 0 Å². The first kappa shape index (κ1) is 15.1. The van der Waals surface area contributed by atoms with E-state index in [1.165, 1.54) is 0 Å². The second-order valence-corrected chi connectivity index (χ2v) is 4.92. The largest absolute Gasteiger partial charge is 0.494 e. The number of aryl methyl sites for hydroxylation is 1. The second kappa shape index (κ2) is 7.48. The molecule has 110 valence electrons. The van der Waals surface area contributed by atoms with Crippen molar-refractivity contribution in [2.75, 3.05) is 6.61 Å². The molecule has 0 saturated heterocycles. The van der Waals surface area contributed by atoms with Crippen LogP contribution in [0.4, 0.5) is 0 Å². The third-order valence-electron chi connectivity index (χ3n) is 3.46. The molecular weight excluding hydrogens is 264 g/mol. The normalized spacial score (nSPS) is 11.9. The van der Waals surface area contributed by atoms with E-state index < -0.39 is 11.9 Å². The Balaban J connectivity index is 2.06. The van der Waals surface area contributed by atoms with Crippen molar-refractivity contribution in [3.63, 3.8) is 0 Å². The van der Waals surface area contributed by atoms with Gasteiger partial charge in [0.15, 0.2) is 0 Å². The summed E-state index contributed by atoms with van der Waals surface area (Å²) < 4.78 is 5.38. The summed E-state index contributed by atoms with van der Waals surface area (Å²) in [5.41, 5.74) is 1.98. The molecule has 3 nitrogen and oxygen atoms in total. The van der Waals surface area contributed by atoms with Crippen molar-refractivity contribution in [1.82, 2.24) is 0 Å². The monoisotopic (exact) mass is 284 g/mol. The van der Waals surface area contributed by atoms with Crippen LogP contribution in [0.2, 0.25) is 0 Å². The maximum absolute atomic E-state index is 11.5. The molecule has 2 rings (SSSR count). The highest BCUT2D eigenvalue weighted by molar-refractivity contribution is 5.76. The molecule has 0 aliphatic heterocycles. The van der Waals surface area contributed by atoms with Gasteiger partial charge in [-0.1, -0.05) is 42.5 Å². The number of hydrogen-bond acceptors (Lipinski definition) is 2. The van der Waals surface area contributed by atoms with Gasteiger partial charge in [0, 0.05) is 0 Å². The van der Waals surface area contributed by atoms with Crippen molar-refractivity contribution in [2.24, 2.45) is 0 Å². The van der Waals surface area contributed by atoms with Gasteiger partial charge in [0.1, 0.15) is 5.75 Å². The van der Waals surface area contributed by atoms with Crippen molar-refractivity contribution in [2.45, 2.75) is 25.7 Å². The van der Waals surface area contributed by atoms with E-state index in [0.29, 0.717) is 13.0 Å². The molecule has 0 radical (unpaired) electrons. The summed E-state index contributed by atoms with van der Waals surface area (Å²) in [4.78, 5) is 11.5. The number of ether oxygens (including phenoxy) is 1. The fourth-order valence-electron chi connectivity index (χ4n) is 2.35.